The average molecular weight is 379 g/mol. The second kappa shape index (κ2) is 7.44. The summed E-state index contributed by atoms with van der Waals surface area (Å²) in [7, 11) is -4.11. The van der Waals surface area contributed by atoms with Gasteiger partial charge < -0.3 is 4.90 Å². The number of sulfonamides is 2. The molecule has 0 saturated carbocycles. The third-order valence-corrected chi connectivity index (χ3v) is 7.76. The van der Waals surface area contributed by atoms with Crippen molar-refractivity contribution in [3.8, 4) is 0 Å². The van der Waals surface area contributed by atoms with Crippen LogP contribution in [0.25, 0.3) is 0 Å². The first kappa shape index (κ1) is 19.3. The summed E-state index contributed by atoms with van der Waals surface area (Å²) in [5.74, 6) is -0.817. The highest BCUT2D eigenvalue weighted by Gasteiger charge is 2.28. The first-order chi connectivity index (χ1) is 11.1. The van der Waals surface area contributed by atoms with E-state index in [4.69, 9.17) is 0 Å². The topological polar surface area (TPSA) is 78.0 Å². The van der Waals surface area contributed by atoms with Crippen molar-refractivity contribution in [1.29, 1.82) is 0 Å². The molecule has 0 unspecified atom stereocenters. The summed E-state index contributed by atoms with van der Waals surface area (Å²) in [5, 5.41) is 0. The molecule has 0 spiro atoms. The second-order valence-electron chi connectivity index (χ2n) is 5.80. The number of hydrogen-bond acceptors (Lipinski definition) is 5. The average Bonchev–Trinajstić information content (AvgIpc) is 2.53. The molecule has 0 amide bonds. The highest BCUT2D eigenvalue weighted by molar-refractivity contribution is 7.90. The SMILES string of the molecule is CN1CCN(S(=O)(=O)CCN(C)S(=O)(=O)c2ccc(F)cc2)CC1. The highest BCUT2D eigenvalue weighted by atomic mass is 32.2. The Morgan fingerprint density at radius 1 is 1.04 bits per heavy atom. The zero-order chi connectivity index (χ0) is 18.0. The van der Waals surface area contributed by atoms with Crippen molar-refractivity contribution in [2.24, 2.45) is 0 Å². The Bertz CT molecular complexity index is 758. The fraction of sp³-hybridized carbons (Fsp3) is 0.571. The molecule has 0 atom stereocenters. The molecule has 10 heteroatoms. The van der Waals surface area contributed by atoms with E-state index in [1.807, 2.05) is 11.9 Å². The van der Waals surface area contributed by atoms with E-state index in [-0.39, 0.29) is 17.2 Å². The summed E-state index contributed by atoms with van der Waals surface area (Å²) >= 11 is 0. The lowest BCUT2D eigenvalue weighted by atomic mass is 10.4. The first-order valence-electron chi connectivity index (χ1n) is 7.51. The van der Waals surface area contributed by atoms with Crippen LogP contribution in [0.4, 0.5) is 4.39 Å². The molecular formula is C14H22FN3O4S2. The molecular weight excluding hydrogens is 357 g/mol. The Hall–Kier alpha value is -1.07. The van der Waals surface area contributed by atoms with E-state index in [2.05, 4.69) is 0 Å². The van der Waals surface area contributed by atoms with Crippen molar-refractivity contribution in [1.82, 2.24) is 13.5 Å². The monoisotopic (exact) mass is 379 g/mol. The lowest BCUT2D eigenvalue weighted by molar-refractivity contribution is 0.222. The quantitative estimate of drug-likeness (QED) is 0.697. The van der Waals surface area contributed by atoms with Crippen LogP contribution in [0.1, 0.15) is 0 Å². The third kappa shape index (κ3) is 4.51. The minimum absolute atomic E-state index is 0.0663. The standard InChI is InChI=1S/C14H22FN3O4S2/c1-16-7-9-18(10-8-16)23(19,20)12-11-17(2)24(21,22)14-5-3-13(15)4-6-14/h3-6H,7-12H2,1-2H3. The van der Waals surface area contributed by atoms with Crippen molar-refractivity contribution in [3.05, 3.63) is 30.1 Å². The normalized spacial score (nSPS) is 18.2. The number of nitrogens with zero attached hydrogens (tertiary/aromatic N) is 3. The van der Waals surface area contributed by atoms with Gasteiger partial charge in [-0.15, -0.1) is 0 Å². The first-order valence-corrected chi connectivity index (χ1v) is 10.6. The van der Waals surface area contributed by atoms with E-state index in [0.717, 1.165) is 28.6 Å². The molecule has 1 aliphatic heterocycles. The summed E-state index contributed by atoms with van der Waals surface area (Å²) in [6.45, 7) is 1.97. The largest absolute Gasteiger partial charge is 0.304 e. The van der Waals surface area contributed by atoms with Gasteiger partial charge >= 0.3 is 0 Å². The van der Waals surface area contributed by atoms with Crippen molar-refractivity contribution in [3.63, 3.8) is 0 Å². The summed E-state index contributed by atoms with van der Waals surface area (Å²) in [4.78, 5) is 1.97. The number of benzene rings is 1. The van der Waals surface area contributed by atoms with E-state index in [1.54, 1.807) is 0 Å². The lowest BCUT2D eigenvalue weighted by Crippen LogP contribution is -2.48. The number of rotatable bonds is 6. The Kier molecular flexibility index (Phi) is 5.97. The summed E-state index contributed by atoms with van der Waals surface area (Å²) in [6, 6.07) is 4.44. The van der Waals surface area contributed by atoms with Gasteiger partial charge in [0.25, 0.3) is 0 Å². The maximum absolute atomic E-state index is 12.9. The Morgan fingerprint density at radius 2 is 1.58 bits per heavy atom. The maximum atomic E-state index is 12.9. The van der Waals surface area contributed by atoms with E-state index in [0.29, 0.717) is 26.2 Å². The molecule has 0 N–H and O–H groups in total. The van der Waals surface area contributed by atoms with Gasteiger partial charge in [0.15, 0.2) is 0 Å². The van der Waals surface area contributed by atoms with Crippen LogP contribution in [0.5, 0.6) is 0 Å². The van der Waals surface area contributed by atoms with Gasteiger partial charge in [-0.25, -0.2) is 21.2 Å². The van der Waals surface area contributed by atoms with E-state index < -0.39 is 25.9 Å². The zero-order valence-electron chi connectivity index (χ0n) is 13.7. The molecule has 1 heterocycles. The van der Waals surface area contributed by atoms with Crippen molar-refractivity contribution in [2.75, 3.05) is 52.6 Å². The predicted molar refractivity (Wildman–Crippen MR) is 89.1 cm³/mol. The third-order valence-electron chi connectivity index (χ3n) is 4.04. The smallest absolute Gasteiger partial charge is 0.242 e. The van der Waals surface area contributed by atoms with Crippen molar-refractivity contribution in [2.45, 2.75) is 4.90 Å². The molecule has 1 fully saturated rings. The summed E-state index contributed by atoms with van der Waals surface area (Å²) < 4.78 is 64.7. The van der Waals surface area contributed by atoms with Crippen LogP contribution in [0, 0.1) is 5.82 Å². The Morgan fingerprint density at radius 3 is 2.12 bits per heavy atom. The number of likely N-dealkylation sites (N-methyl/N-ethyl adjacent to an activating group) is 1. The highest BCUT2D eigenvalue weighted by Crippen LogP contribution is 2.15. The molecule has 0 aromatic heterocycles. The lowest BCUT2D eigenvalue weighted by Gasteiger charge is -2.31. The van der Waals surface area contributed by atoms with Crippen LogP contribution in [0.3, 0.4) is 0 Å². The molecule has 1 aliphatic rings. The number of halogens is 1. The number of hydrogen-bond donors (Lipinski definition) is 0. The van der Waals surface area contributed by atoms with Gasteiger partial charge in [-0.3, -0.25) is 0 Å². The summed E-state index contributed by atoms with van der Waals surface area (Å²) in [5.41, 5.74) is 0. The Labute approximate surface area is 142 Å². The van der Waals surface area contributed by atoms with Crippen LogP contribution < -0.4 is 0 Å². The molecule has 1 aromatic rings. The van der Waals surface area contributed by atoms with Gasteiger partial charge in [-0.05, 0) is 31.3 Å². The van der Waals surface area contributed by atoms with E-state index in [1.165, 1.54) is 11.4 Å². The zero-order valence-corrected chi connectivity index (χ0v) is 15.4. The Balaban J connectivity index is 2.01. The molecule has 136 valence electrons. The van der Waals surface area contributed by atoms with Gasteiger partial charge in [-0.2, -0.15) is 8.61 Å². The molecule has 1 aromatic carbocycles. The van der Waals surface area contributed by atoms with E-state index in [9.17, 15) is 21.2 Å². The molecule has 0 bridgehead atoms. The molecule has 1 saturated heterocycles. The maximum Gasteiger partial charge on any atom is 0.242 e. The van der Waals surface area contributed by atoms with E-state index >= 15 is 0 Å². The van der Waals surface area contributed by atoms with Gasteiger partial charge in [0.1, 0.15) is 5.82 Å². The van der Waals surface area contributed by atoms with Crippen LogP contribution in [-0.2, 0) is 20.0 Å². The van der Waals surface area contributed by atoms with Crippen molar-refractivity contribution >= 4 is 20.0 Å². The van der Waals surface area contributed by atoms with Crippen molar-refractivity contribution < 1.29 is 21.2 Å². The van der Waals surface area contributed by atoms with Gasteiger partial charge in [0.05, 0.1) is 10.6 Å². The molecule has 24 heavy (non-hydrogen) atoms. The van der Waals surface area contributed by atoms with Crippen LogP contribution in [-0.4, -0.2) is 82.9 Å². The minimum atomic E-state index is -3.84. The molecule has 2 rings (SSSR count). The fourth-order valence-corrected chi connectivity index (χ4v) is 5.12. The molecule has 7 nitrogen and oxygen atoms in total. The van der Waals surface area contributed by atoms with Crippen LogP contribution >= 0.6 is 0 Å². The molecule has 0 aliphatic carbocycles. The van der Waals surface area contributed by atoms with Gasteiger partial charge in [-0.1, -0.05) is 0 Å². The predicted octanol–water partition coefficient (Wildman–Crippen LogP) is 0.0234. The summed E-state index contributed by atoms with van der Waals surface area (Å²) in [6.07, 6.45) is 0. The number of piperazine rings is 1. The van der Waals surface area contributed by atoms with Gasteiger partial charge in [0.2, 0.25) is 20.0 Å². The molecule has 0 radical (unpaired) electrons. The fourth-order valence-electron chi connectivity index (χ4n) is 2.35. The minimum Gasteiger partial charge on any atom is -0.304 e. The van der Waals surface area contributed by atoms with Gasteiger partial charge in [0, 0.05) is 39.8 Å². The van der Waals surface area contributed by atoms with Crippen LogP contribution in [0.2, 0.25) is 0 Å². The van der Waals surface area contributed by atoms with Crippen LogP contribution in [0.15, 0.2) is 29.2 Å². The second-order valence-corrected chi connectivity index (χ2v) is 9.93.